The van der Waals surface area contributed by atoms with Gasteiger partial charge in [0, 0.05) is 22.6 Å². The van der Waals surface area contributed by atoms with Crippen LogP contribution in [0.5, 0.6) is 0 Å². The van der Waals surface area contributed by atoms with Gasteiger partial charge in [-0.15, -0.1) is 0 Å². The molecule has 0 fully saturated rings. The predicted octanol–water partition coefficient (Wildman–Crippen LogP) is 4.11. The molecule has 0 saturated heterocycles. The van der Waals surface area contributed by atoms with E-state index in [1.54, 1.807) is 12.1 Å². The van der Waals surface area contributed by atoms with Crippen LogP contribution in [-0.4, -0.2) is 14.1 Å². The van der Waals surface area contributed by atoms with Gasteiger partial charge in [0.05, 0.1) is 11.1 Å². The average molecular weight is 380 g/mol. The molecule has 0 bridgehead atoms. The summed E-state index contributed by atoms with van der Waals surface area (Å²) in [6.45, 7) is 2.38. The van der Waals surface area contributed by atoms with Crippen molar-refractivity contribution in [2.45, 2.75) is 26.3 Å². The number of halogens is 1. The lowest BCUT2D eigenvalue weighted by molar-refractivity contribution is 0.582. The van der Waals surface area contributed by atoms with E-state index in [9.17, 15) is 9.59 Å². The van der Waals surface area contributed by atoms with E-state index < -0.39 is 5.69 Å². The molecule has 2 aromatic rings. The van der Waals surface area contributed by atoms with Crippen molar-refractivity contribution in [2.24, 2.45) is 0 Å². The van der Waals surface area contributed by atoms with E-state index in [-0.39, 0.29) is 5.56 Å². The predicted molar refractivity (Wildman–Crippen MR) is 108 cm³/mol. The fraction of sp³-hybridized carbons (Fsp3) is 0.190. The first-order chi connectivity index (χ1) is 13.1. The molecule has 0 N–H and O–H groups in total. The van der Waals surface area contributed by atoms with Gasteiger partial charge in [-0.05, 0) is 36.8 Å². The van der Waals surface area contributed by atoms with Gasteiger partial charge < -0.3 is 0 Å². The molecule has 27 heavy (non-hydrogen) atoms. The van der Waals surface area contributed by atoms with Gasteiger partial charge in [0.2, 0.25) is 0 Å². The Morgan fingerprint density at radius 3 is 2.56 bits per heavy atom. The fourth-order valence-electron chi connectivity index (χ4n) is 3.31. The highest BCUT2D eigenvalue weighted by Crippen LogP contribution is 2.31. The van der Waals surface area contributed by atoms with Crippen molar-refractivity contribution < 1.29 is 0 Å². The summed E-state index contributed by atoms with van der Waals surface area (Å²) in [5, 5.41) is 1.29. The largest absolute Gasteiger partial charge is 0.352 e. The summed E-state index contributed by atoms with van der Waals surface area (Å²) in [5.74, 6) is 0.346. The first-order valence-electron chi connectivity index (χ1n) is 8.92. The maximum atomic E-state index is 13.1. The minimum absolute atomic E-state index is 0.329. The van der Waals surface area contributed by atoms with Crippen molar-refractivity contribution >= 4 is 22.5 Å². The molecule has 0 aliphatic carbocycles. The SMILES string of the molecule is CCCCn1c(=O)nc2n(-c3ccccc3)c3cccc(Cl)c3cc-2c1=O. The van der Waals surface area contributed by atoms with Crippen LogP contribution in [0.1, 0.15) is 19.8 Å². The number of aromatic nitrogens is 3. The quantitative estimate of drug-likeness (QED) is 0.501. The number of nitrogens with zero attached hydrogens (tertiary/aromatic N) is 3. The van der Waals surface area contributed by atoms with Gasteiger partial charge in [0.15, 0.2) is 5.82 Å². The summed E-state index contributed by atoms with van der Waals surface area (Å²) in [6, 6.07) is 16.8. The van der Waals surface area contributed by atoms with Gasteiger partial charge in [0.1, 0.15) is 0 Å². The molecule has 2 heterocycles. The average Bonchev–Trinajstić information content (AvgIpc) is 2.68. The Kier molecular flexibility index (Phi) is 4.54. The molecule has 0 saturated carbocycles. The second-order valence-corrected chi connectivity index (χ2v) is 6.84. The van der Waals surface area contributed by atoms with Gasteiger partial charge in [0.25, 0.3) is 5.56 Å². The van der Waals surface area contributed by atoms with Crippen LogP contribution in [-0.2, 0) is 6.54 Å². The Morgan fingerprint density at radius 2 is 1.81 bits per heavy atom. The zero-order valence-electron chi connectivity index (χ0n) is 14.9. The first kappa shape index (κ1) is 17.5. The zero-order valence-corrected chi connectivity index (χ0v) is 15.6. The lowest BCUT2D eigenvalue weighted by Crippen LogP contribution is -2.38. The third-order valence-electron chi connectivity index (χ3n) is 4.67. The van der Waals surface area contributed by atoms with Crippen LogP contribution >= 0.6 is 11.6 Å². The summed E-state index contributed by atoms with van der Waals surface area (Å²) in [6.07, 6.45) is 1.63. The van der Waals surface area contributed by atoms with E-state index in [4.69, 9.17) is 11.6 Å². The number of rotatable bonds is 4. The highest BCUT2D eigenvalue weighted by Gasteiger charge is 2.21. The molecule has 2 aromatic carbocycles. The van der Waals surface area contributed by atoms with Crippen LogP contribution in [0.2, 0.25) is 5.02 Å². The summed E-state index contributed by atoms with van der Waals surface area (Å²) < 4.78 is 3.04. The minimum Gasteiger partial charge on any atom is -0.294 e. The van der Waals surface area contributed by atoms with E-state index in [2.05, 4.69) is 4.98 Å². The third-order valence-corrected chi connectivity index (χ3v) is 5.00. The summed E-state index contributed by atoms with van der Waals surface area (Å²) in [7, 11) is 0. The number of pyridine rings is 1. The fourth-order valence-corrected chi connectivity index (χ4v) is 3.53. The van der Waals surface area contributed by atoms with Gasteiger partial charge >= 0.3 is 5.69 Å². The van der Waals surface area contributed by atoms with Gasteiger partial charge in [-0.2, -0.15) is 4.98 Å². The molecule has 0 amide bonds. The van der Waals surface area contributed by atoms with Crippen LogP contribution in [0, 0.1) is 0 Å². The summed E-state index contributed by atoms with van der Waals surface area (Å²) in [4.78, 5) is 29.9. The number of unbranched alkanes of at least 4 members (excludes halogenated alkanes) is 1. The van der Waals surface area contributed by atoms with Crippen LogP contribution in [0.3, 0.4) is 0 Å². The van der Waals surface area contributed by atoms with Crippen molar-refractivity contribution in [2.75, 3.05) is 0 Å². The number of fused-ring (bicyclic) bond motifs is 2. The van der Waals surface area contributed by atoms with Crippen molar-refractivity contribution in [3.63, 3.8) is 0 Å². The molecular weight excluding hydrogens is 362 g/mol. The smallest absolute Gasteiger partial charge is 0.294 e. The standard InChI is InChI=1S/C21H18ClN3O2/c1-2-3-12-24-20(26)16-13-15-17(22)10-7-11-18(15)25(19(16)23-21(24)27)14-8-5-4-6-9-14/h4-11,13H,2-3,12H2,1H3. The molecule has 0 radical (unpaired) electrons. The van der Waals surface area contributed by atoms with Gasteiger partial charge in [-0.1, -0.05) is 49.2 Å². The Labute approximate surface area is 160 Å². The Hall–Kier alpha value is -2.92. The maximum absolute atomic E-state index is 13.1. The molecule has 6 heteroatoms. The molecule has 2 aliphatic heterocycles. The lowest BCUT2D eigenvalue weighted by atomic mass is 10.1. The van der Waals surface area contributed by atoms with Crippen LogP contribution in [0.15, 0.2) is 64.2 Å². The summed E-state index contributed by atoms with van der Waals surface area (Å²) >= 11 is 6.42. The molecule has 0 spiro atoms. The van der Waals surface area contributed by atoms with Crippen molar-refractivity contribution in [1.29, 1.82) is 0 Å². The van der Waals surface area contributed by atoms with Crippen LogP contribution in [0.4, 0.5) is 0 Å². The molecule has 0 unspecified atom stereocenters. The minimum atomic E-state index is -0.521. The number of hydrogen-bond donors (Lipinski definition) is 0. The van der Waals surface area contributed by atoms with Crippen LogP contribution < -0.4 is 11.2 Å². The van der Waals surface area contributed by atoms with E-state index in [0.717, 1.165) is 29.4 Å². The molecule has 136 valence electrons. The van der Waals surface area contributed by atoms with Crippen LogP contribution in [0.25, 0.3) is 28.0 Å². The molecule has 0 atom stereocenters. The normalized spacial score (nSPS) is 11.3. The molecule has 5 nitrogen and oxygen atoms in total. The second-order valence-electron chi connectivity index (χ2n) is 6.43. The third kappa shape index (κ3) is 2.94. The lowest BCUT2D eigenvalue weighted by Gasteiger charge is -2.19. The van der Waals surface area contributed by atoms with E-state index >= 15 is 0 Å². The van der Waals surface area contributed by atoms with Crippen molar-refractivity contribution in [1.82, 2.24) is 14.1 Å². The van der Waals surface area contributed by atoms with Crippen molar-refractivity contribution in [3.8, 4) is 17.1 Å². The van der Waals surface area contributed by atoms with Gasteiger partial charge in [-0.25, -0.2) is 4.79 Å². The Balaban J connectivity index is 2.17. The topological polar surface area (TPSA) is 56.9 Å². The van der Waals surface area contributed by atoms with E-state index in [1.807, 2.05) is 54.0 Å². The molecular formula is C21H18ClN3O2. The van der Waals surface area contributed by atoms with E-state index in [1.165, 1.54) is 4.57 Å². The van der Waals surface area contributed by atoms with Gasteiger partial charge in [-0.3, -0.25) is 13.9 Å². The number of para-hydroxylation sites is 1. The Bertz CT molecular complexity index is 1210. The first-order valence-corrected chi connectivity index (χ1v) is 9.30. The molecule has 0 aromatic heterocycles. The molecule has 2 aliphatic rings. The second kappa shape index (κ2) is 7.00. The van der Waals surface area contributed by atoms with Crippen molar-refractivity contribution in [3.05, 3.63) is 80.5 Å². The highest BCUT2D eigenvalue weighted by molar-refractivity contribution is 6.35. The van der Waals surface area contributed by atoms with E-state index in [0.29, 0.717) is 23.0 Å². The number of hydrogen-bond acceptors (Lipinski definition) is 3. The zero-order chi connectivity index (χ0) is 19.0. The monoisotopic (exact) mass is 379 g/mol. The summed E-state index contributed by atoms with van der Waals surface area (Å²) in [5.41, 5.74) is 1.14. The maximum Gasteiger partial charge on any atom is 0.352 e. The number of benzene rings is 2. The Morgan fingerprint density at radius 1 is 1.04 bits per heavy atom. The molecule has 4 rings (SSSR count). The highest BCUT2D eigenvalue weighted by atomic mass is 35.5.